The molecule has 0 aliphatic heterocycles. The standard InChI is InChI=1S/C25H20ClFN2O3/c1-2-32-24-14-17(13-23(26)22(24)12-16-4-3-5-19(27)11-16)10-18(15-28)25(31)29-20-6-8-21(30)9-7-20/h3-11,13-14,30H,2,12H2,1H3,(H,29,31)/b18-10+. The number of halogens is 2. The second kappa shape index (κ2) is 10.5. The predicted molar refractivity (Wildman–Crippen MR) is 122 cm³/mol. The maximum absolute atomic E-state index is 13.6. The number of hydrogen-bond donors (Lipinski definition) is 2. The molecule has 0 atom stereocenters. The normalized spacial score (nSPS) is 11.0. The molecule has 1 amide bonds. The summed E-state index contributed by atoms with van der Waals surface area (Å²) < 4.78 is 19.3. The lowest BCUT2D eigenvalue weighted by atomic mass is 10.0. The SMILES string of the molecule is CCOc1cc(/C=C(\C#N)C(=O)Nc2ccc(O)cc2)cc(Cl)c1Cc1cccc(F)c1. The van der Waals surface area contributed by atoms with Crippen LogP contribution in [0, 0.1) is 17.1 Å². The van der Waals surface area contributed by atoms with E-state index < -0.39 is 5.91 Å². The number of phenolic OH excluding ortho intramolecular Hbond substituents is 1. The van der Waals surface area contributed by atoms with Gasteiger partial charge in [-0.2, -0.15) is 5.26 Å². The molecule has 0 radical (unpaired) electrons. The van der Waals surface area contributed by atoms with E-state index in [4.69, 9.17) is 16.3 Å². The van der Waals surface area contributed by atoms with Crippen molar-refractivity contribution in [1.29, 1.82) is 5.26 Å². The molecule has 0 aliphatic rings. The first-order chi connectivity index (χ1) is 15.4. The van der Waals surface area contributed by atoms with Crippen molar-refractivity contribution < 1.29 is 19.0 Å². The summed E-state index contributed by atoms with van der Waals surface area (Å²) >= 11 is 6.50. The largest absolute Gasteiger partial charge is 0.508 e. The highest BCUT2D eigenvalue weighted by Gasteiger charge is 2.14. The van der Waals surface area contributed by atoms with E-state index >= 15 is 0 Å². The molecule has 0 spiro atoms. The minimum absolute atomic E-state index is 0.0653. The van der Waals surface area contributed by atoms with Gasteiger partial charge >= 0.3 is 0 Å². The third-order valence-corrected chi connectivity index (χ3v) is 4.89. The van der Waals surface area contributed by atoms with E-state index in [2.05, 4.69) is 5.32 Å². The van der Waals surface area contributed by atoms with Gasteiger partial charge < -0.3 is 15.2 Å². The van der Waals surface area contributed by atoms with Crippen molar-refractivity contribution >= 4 is 29.3 Å². The van der Waals surface area contributed by atoms with Gasteiger partial charge in [-0.1, -0.05) is 23.7 Å². The van der Waals surface area contributed by atoms with Gasteiger partial charge in [-0.25, -0.2) is 4.39 Å². The fourth-order valence-corrected chi connectivity index (χ4v) is 3.37. The third-order valence-electron chi connectivity index (χ3n) is 4.55. The molecular weight excluding hydrogens is 431 g/mol. The molecule has 0 saturated carbocycles. The van der Waals surface area contributed by atoms with Crippen molar-refractivity contribution in [2.24, 2.45) is 0 Å². The number of amides is 1. The second-order valence-corrected chi connectivity index (χ2v) is 7.30. The number of ether oxygens (including phenoxy) is 1. The molecule has 0 heterocycles. The van der Waals surface area contributed by atoms with Crippen LogP contribution in [0.4, 0.5) is 10.1 Å². The van der Waals surface area contributed by atoms with Crippen LogP contribution >= 0.6 is 11.6 Å². The van der Waals surface area contributed by atoms with Crippen LogP contribution in [-0.4, -0.2) is 17.6 Å². The lowest BCUT2D eigenvalue weighted by Crippen LogP contribution is -2.13. The summed E-state index contributed by atoms with van der Waals surface area (Å²) in [6.07, 6.45) is 1.78. The first-order valence-electron chi connectivity index (χ1n) is 9.81. The minimum Gasteiger partial charge on any atom is -0.508 e. The summed E-state index contributed by atoms with van der Waals surface area (Å²) in [7, 11) is 0. The lowest BCUT2D eigenvalue weighted by Gasteiger charge is -2.14. The van der Waals surface area contributed by atoms with Crippen LogP contribution in [0.2, 0.25) is 5.02 Å². The van der Waals surface area contributed by atoms with Crippen molar-refractivity contribution in [2.45, 2.75) is 13.3 Å². The number of phenols is 1. The maximum Gasteiger partial charge on any atom is 0.266 e. The van der Waals surface area contributed by atoms with E-state index in [0.717, 1.165) is 5.56 Å². The molecule has 3 rings (SSSR count). The number of nitriles is 1. The summed E-state index contributed by atoms with van der Waals surface area (Å²) in [6, 6.07) is 17.3. The number of benzene rings is 3. The van der Waals surface area contributed by atoms with Crippen LogP contribution < -0.4 is 10.1 Å². The van der Waals surface area contributed by atoms with Crippen LogP contribution in [0.15, 0.2) is 66.2 Å². The molecule has 0 aliphatic carbocycles. The molecule has 0 saturated heterocycles. The Morgan fingerprint density at radius 2 is 1.97 bits per heavy atom. The Hall–Kier alpha value is -3.82. The fraction of sp³-hybridized carbons (Fsp3) is 0.120. The van der Waals surface area contributed by atoms with Crippen molar-refractivity contribution in [2.75, 3.05) is 11.9 Å². The Morgan fingerprint density at radius 1 is 1.22 bits per heavy atom. The van der Waals surface area contributed by atoms with Crippen molar-refractivity contribution in [3.05, 3.63) is 93.8 Å². The van der Waals surface area contributed by atoms with Gasteiger partial charge in [0.15, 0.2) is 0 Å². The lowest BCUT2D eigenvalue weighted by molar-refractivity contribution is -0.112. The zero-order chi connectivity index (χ0) is 23.1. The first kappa shape index (κ1) is 22.9. The zero-order valence-electron chi connectivity index (χ0n) is 17.2. The van der Waals surface area contributed by atoms with Gasteiger partial charge in [0, 0.05) is 22.7 Å². The van der Waals surface area contributed by atoms with Gasteiger partial charge in [0.2, 0.25) is 0 Å². The Labute approximate surface area is 190 Å². The summed E-state index contributed by atoms with van der Waals surface area (Å²) in [5.41, 5.74) is 2.24. The van der Waals surface area contributed by atoms with Gasteiger partial charge in [-0.15, -0.1) is 0 Å². The monoisotopic (exact) mass is 450 g/mol. The number of nitrogens with one attached hydrogen (secondary N) is 1. The Kier molecular flexibility index (Phi) is 7.48. The zero-order valence-corrected chi connectivity index (χ0v) is 18.0. The van der Waals surface area contributed by atoms with Crippen molar-refractivity contribution in [1.82, 2.24) is 0 Å². The highest BCUT2D eigenvalue weighted by molar-refractivity contribution is 6.31. The highest BCUT2D eigenvalue weighted by atomic mass is 35.5. The molecule has 2 N–H and O–H groups in total. The smallest absolute Gasteiger partial charge is 0.266 e. The van der Waals surface area contributed by atoms with Crippen molar-refractivity contribution in [3.63, 3.8) is 0 Å². The second-order valence-electron chi connectivity index (χ2n) is 6.89. The number of hydrogen-bond acceptors (Lipinski definition) is 4. The van der Waals surface area contributed by atoms with Crippen LogP contribution in [0.5, 0.6) is 11.5 Å². The Balaban J connectivity index is 1.90. The topological polar surface area (TPSA) is 82.3 Å². The number of anilines is 1. The molecule has 0 fully saturated rings. The fourth-order valence-electron chi connectivity index (χ4n) is 3.08. The number of nitrogens with zero attached hydrogens (tertiary/aromatic N) is 1. The summed E-state index contributed by atoms with van der Waals surface area (Å²) in [5, 5.41) is 21.8. The number of carbonyl (C=O) groups is 1. The molecule has 0 unspecified atom stereocenters. The molecule has 0 aromatic heterocycles. The van der Waals surface area contributed by atoms with E-state index in [1.54, 1.807) is 24.3 Å². The number of carbonyl (C=O) groups excluding carboxylic acids is 1. The minimum atomic E-state index is -0.601. The maximum atomic E-state index is 13.6. The molecule has 32 heavy (non-hydrogen) atoms. The van der Waals surface area contributed by atoms with Crippen LogP contribution in [0.3, 0.4) is 0 Å². The Bertz CT molecular complexity index is 1200. The molecule has 162 valence electrons. The van der Waals surface area contributed by atoms with E-state index in [9.17, 15) is 19.6 Å². The van der Waals surface area contributed by atoms with Crippen LogP contribution in [0.1, 0.15) is 23.6 Å². The summed E-state index contributed by atoms with van der Waals surface area (Å²) in [4.78, 5) is 12.5. The van der Waals surface area contributed by atoms with E-state index in [1.807, 2.05) is 13.0 Å². The average Bonchev–Trinajstić information content (AvgIpc) is 2.76. The average molecular weight is 451 g/mol. The molecule has 3 aromatic carbocycles. The van der Waals surface area contributed by atoms with Crippen molar-refractivity contribution in [3.8, 4) is 17.6 Å². The molecule has 5 nitrogen and oxygen atoms in total. The van der Waals surface area contributed by atoms with Gasteiger partial charge in [0.1, 0.15) is 29.0 Å². The van der Waals surface area contributed by atoms with Gasteiger partial charge in [0.25, 0.3) is 5.91 Å². The van der Waals surface area contributed by atoms with Gasteiger partial charge in [-0.05, 0) is 72.7 Å². The molecule has 7 heteroatoms. The van der Waals surface area contributed by atoms with Crippen LogP contribution in [-0.2, 0) is 11.2 Å². The molecular formula is C25H20ClFN2O3. The van der Waals surface area contributed by atoms with E-state index in [-0.39, 0.29) is 17.1 Å². The highest BCUT2D eigenvalue weighted by Crippen LogP contribution is 2.32. The summed E-state index contributed by atoms with van der Waals surface area (Å²) in [6.45, 7) is 2.21. The molecule has 3 aromatic rings. The molecule has 0 bridgehead atoms. The van der Waals surface area contributed by atoms with Gasteiger partial charge in [-0.3, -0.25) is 4.79 Å². The predicted octanol–water partition coefficient (Wildman–Crippen LogP) is 5.72. The quantitative estimate of drug-likeness (QED) is 0.274. The van der Waals surface area contributed by atoms with Crippen LogP contribution in [0.25, 0.3) is 6.08 Å². The third kappa shape index (κ3) is 5.87. The number of rotatable bonds is 7. The first-order valence-corrected chi connectivity index (χ1v) is 10.2. The van der Waals surface area contributed by atoms with E-state index in [1.165, 1.54) is 42.5 Å². The van der Waals surface area contributed by atoms with Gasteiger partial charge in [0.05, 0.1) is 6.61 Å². The Morgan fingerprint density at radius 3 is 2.62 bits per heavy atom. The van der Waals surface area contributed by atoms with E-state index in [0.29, 0.717) is 40.6 Å². The number of aromatic hydroxyl groups is 1. The summed E-state index contributed by atoms with van der Waals surface area (Å²) in [5.74, 6) is -0.382.